The quantitative estimate of drug-likeness (QED) is 0.794. The minimum absolute atomic E-state index is 0.144. The molecule has 0 radical (unpaired) electrons. The average Bonchev–Trinajstić information content (AvgIpc) is 2.94. The van der Waals surface area contributed by atoms with Gasteiger partial charge in [0.05, 0.1) is 0 Å². The summed E-state index contributed by atoms with van der Waals surface area (Å²) in [5, 5.41) is 9.38. The molecule has 0 aliphatic heterocycles. The molecule has 0 spiro atoms. The molecule has 0 saturated heterocycles. The monoisotopic (exact) mass is 205 g/mol. The van der Waals surface area contributed by atoms with Crippen LogP contribution >= 0.6 is 0 Å². The van der Waals surface area contributed by atoms with E-state index in [1.165, 1.54) is 18.4 Å². The highest BCUT2D eigenvalue weighted by Gasteiger charge is 2.37. The van der Waals surface area contributed by atoms with E-state index in [2.05, 4.69) is 13.0 Å². The molecule has 0 bridgehead atoms. The van der Waals surface area contributed by atoms with Crippen LogP contribution in [-0.4, -0.2) is 10.6 Å². The summed E-state index contributed by atoms with van der Waals surface area (Å²) in [5.74, 6) is 0.839. The van der Waals surface area contributed by atoms with Crippen LogP contribution < -0.4 is 5.73 Å². The first-order valence-electron chi connectivity index (χ1n) is 5.67. The van der Waals surface area contributed by atoms with Gasteiger partial charge in [0, 0.05) is 5.54 Å². The van der Waals surface area contributed by atoms with Crippen LogP contribution in [0.4, 0.5) is 0 Å². The Balaban J connectivity index is 1.92. The third-order valence-corrected chi connectivity index (χ3v) is 3.41. The van der Waals surface area contributed by atoms with Crippen molar-refractivity contribution in [1.29, 1.82) is 0 Å². The summed E-state index contributed by atoms with van der Waals surface area (Å²) in [4.78, 5) is 0. The number of benzene rings is 1. The van der Waals surface area contributed by atoms with Crippen molar-refractivity contribution in [3.8, 4) is 5.75 Å². The lowest BCUT2D eigenvalue weighted by molar-refractivity contribution is 0.472. The van der Waals surface area contributed by atoms with Crippen LogP contribution in [0, 0.1) is 0 Å². The van der Waals surface area contributed by atoms with Crippen molar-refractivity contribution in [3.05, 3.63) is 29.8 Å². The van der Waals surface area contributed by atoms with E-state index in [0.717, 1.165) is 12.8 Å². The second kappa shape index (κ2) is 3.86. The molecule has 1 saturated carbocycles. The summed E-state index contributed by atoms with van der Waals surface area (Å²) in [7, 11) is 0. The largest absolute Gasteiger partial charge is 0.508 e. The van der Waals surface area contributed by atoms with Crippen molar-refractivity contribution in [3.63, 3.8) is 0 Å². The molecule has 1 aliphatic rings. The molecule has 15 heavy (non-hydrogen) atoms. The highest BCUT2D eigenvalue weighted by atomic mass is 16.3. The number of hydrogen-bond acceptors (Lipinski definition) is 2. The van der Waals surface area contributed by atoms with E-state index in [-0.39, 0.29) is 5.54 Å². The molecule has 82 valence electrons. The zero-order chi connectivity index (χ0) is 10.9. The first-order valence-corrected chi connectivity index (χ1v) is 5.67. The highest BCUT2D eigenvalue weighted by molar-refractivity contribution is 5.29. The van der Waals surface area contributed by atoms with Gasteiger partial charge in [0.15, 0.2) is 0 Å². The van der Waals surface area contributed by atoms with Crippen molar-refractivity contribution >= 4 is 0 Å². The molecule has 3 N–H and O–H groups in total. The van der Waals surface area contributed by atoms with Crippen molar-refractivity contribution in [2.24, 2.45) is 5.73 Å². The van der Waals surface area contributed by atoms with Crippen molar-refractivity contribution in [1.82, 2.24) is 0 Å². The fourth-order valence-corrected chi connectivity index (χ4v) is 1.91. The Morgan fingerprint density at radius 1 is 1.47 bits per heavy atom. The van der Waals surface area contributed by atoms with Gasteiger partial charge in [0.2, 0.25) is 0 Å². The maximum Gasteiger partial charge on any atom is 0.115 e. The maximum absolute atomic E-state index is 9.38. The summed E-state index contributed by atoms with van der Waals surface area (Å²) in [6, 6.07) is 7.53. The molecule has 0 amide bonds. The average molecular weight is 205 g/mol. The third kappa shape index (κ3) is 2.72. The molecular weight excluding hydrogens is 186 g/mol. The van der Waals surface area contributed by atoms with Crippen LogP contribution in [0.2, 0.25) is 0 Å². The van der Waals surface area contributed by atoms with E-state index in [1.807, 2.05) is 12.1 Å². The van der Waals surface area contributed by atoms with Gasteiger partial charge in [0.25, 0.3) is 0 Å². The SMILES string of the molecule is CC(CCC1(N)CC1)c1cccc(O)c1. The first kappa shape index (κ1) is 10.5. The molecule has 2 heteroatoms. The van der Waals surface area contributed by atoms with Gasteiger partial charge in [-0.2, -0.15) is 0 Å². The zero-order valence-corrected chi connectivity index (χ0v) is 9.24. The Hall–Kier alpha value is -1.02. The fourth-order valence-electron chi connectivity index (χ4n) is 1.91. The van der Waals surface area contributed by atoms with Crippen LogP contribution in [-0.2, 0) is 0 Å². The molecule has 1 fully saturated rings. The summed E-state index contributed by atoms with van der Waals surface area (Å²) < 4.78 is 0. The Morgan fingerprint density at radius 3 is 2.80 bits per heavy atom. The van der Waals surface area contributed by atoms with E-state index in [9.17, 15) is 5.11 Å². The Kier molecular flexibility index (Phi) is 2.70. The molecular formula is C13H19NO. The molecule has 2 rings (SSSR count). The molecule has 2 nitrogen and oxygen atoms in total. The predicted molar refractivity (Wildman–Crippen MR) is 61.9 cm³/mol. The third-order valence-electron chi connectivity index (χ3n) is 3.41. The molecule has 1 aliphatic carbocycles. The normalized spacial score (nSPS) is 19.9. The van der Waals surface area contributed by atoms with Crippen LogP contribution in [0.5, 0.6) is 5.75 Å². The summed E-state index contributed by atoms with van der Waals surface area (Å²) in [5.41, 5.74) is 7.41. The molecule has 0 aromatic heterocycles. The summed E-state index contributed by atoms with van der Waals surface area (Å²) in [6.07, 6.45) is 4.57. The number of aromatic hydroxyl groups is 1. The number of rotatable bonds is 4. The van der Waals surface area contributed by atoms with E-state index in [0.29, 0.717) is 11.7 Å². The first-order chi connectivity index (χ1) is 7.09. The predicted octanol–water partition coefficient (Wildman–Crippen LogP) is 2.77. The van der Waals surface area contributed by atoms with Gasteiger partial charge in [-0.25, -0.2) is 0 Å². The van der Waals surface area contributed by atoms with Crippen LogP contribution in [0.1, 0.15) is 44.1 Å². The lowest BCUT2D eigenvalue weighted by atomic mass is 9.93. The van der Waals surface area contributed by atoms with Gasteiger partial charge in [-0.15, -0.1) is 0 Å². The molecule has 1 aromatic rings. The number of hydrogen-bond donors (Lipinski definition) is 2. The van der Waals surface area contributed by atoms with Gasteiger partial charge in [-0.1, -0.05) is 19.1 Å². The lowest BCUT2D eigenvalue weighted by Gasteiger charge is -2.15. The van der Waals surface area contributed by atoms with Crippen LogP contribution in [0.3, 0.4) is 0 Å². The van der Waals surface area contributed by atoms with Crippen molar-refractivity contribution in [2.75, 3.05) is 0 Å². The number of phenolic OH excluding ortho intramolecular Hbond substituents is 1. The minimum Gasteiger partial charge on any atom is -0.508 e. The number of nitrogens with two attached hydrogens (primary N) is 1. The van der Waals surface area contributed by atoms with E-state index in [1.54, 1.807) is 6.07 Å². The number of phenols is 1. The van der Waals surface area contributed by atoms with Crippen molar-refractivity contribution in [2.45, 2.75) is 44.1 Å². The smallest absolute Gasteiger partial charge is 0.115 e. The second-order valence-electron chi connectivity index (χ2n) is 4.90. The molecule has 0 heterocycles. The Labute approximate surface area is 91.1 Å². The Bertz CT molecular complexity index is 344. The van der Waals surface area contributed by atoms with E-state index >= 15 is 0 Å². The summed E-state index contributed by atoms with van der Waals surface area (Å²) >= 11 is 0. The Morgan fingerprint density at radius 2 is 2.20 bits per heavy atom. The van der Waals surface area contributed by atoms with Crippen molar-refractivity contribution < 1.29 is 5.11 Å². The molecule has 1 atom stereocenters. The molecule has 1 unspecified atom stereocenters. The van der Waals surface area contributed by atoms with Crippen LogP contribution in [0.25, 0.3) is 0 Å². The highest BCUT2D eigenvalue weighted by Crippen LogP contribution is 2.39. The van der Waals surface area contributed by atoms with Gasteiger partial charge in [-0.3, -0.25) is 0 Å². The second-order valence-corrected chi connectivity index (χ2v) is 4.90. The van der Waals surface area contributed by atoms with E-state index in [4.69, 9.17) is 5.73 Å². The van der Waals surface area contributed by atoms with Gasteiger partial charge >= 0.3 is 0 Å². The molecule has 1 aromatic carbocycles. The summed E-state index contributed by atoms with van der Waals surface area (Å²) in [6.45, 7) is 2.19. The van der Waals surface area contributed by atoms with Gasteiger partial charge in [-0.05, 0) is 49.3 Å². The zero-order valence-electron chi connectivity index (χ0n) is 9.24. The van der Waals surface area contributed by atoms with E-state index < -0.39 is 0 Å². The lowest BCUT2D eigenvalue weighted by Crippen LogP contribution is -2.21. The minimum atomic E-state index is 0.144. The van der Waals surface area contributed by atoms with Gasteiger partial charge < -0.3 is 10.8 Å². The van der Waals surface area contributed by atoms with Crippen LogP contribution in [0.15, 0.2) is 24.3 Å². The standard InChI is InChI=1S/C13H19NO/c1-10(5-6-13(14)7-8-13)11-3-2-4-12(15)9-11/h2-4,9-10,15H,5-8,14H2,1H3. The maximum atomic E-state index is 9.38. The van der Waals surface area contributed by atoms with Gasteiger partial charge in [0.1, 0.15) is 5.75 Å². The fraction of sp³-hybridized carbons (Fsp3) is 0.538. The topological polar surface area (TPSA) is 46.2 Å².